The van der Waals surface area contributed by atoms with Crippen molar-refractivity contribution in [2.75, 3.05) is 24.6 Å². The van der Waals surface area contributed by atoms with Crippen molar-refractivity contribution in [1.29, 1.82) is 0 Å². The van der Waals surface area contributed by atoms with Crippen LogP contribution in [-0.2, 0) is 0 Å². The number of piperidine rings is 1. The van der Waals surface area contributed by atoms with Gasteiger partial charge >= 0.3 is 5.97 Å². The first-order valence-corrected chi connectivity index (χ1v) is 6.38. The molecule has 0 bridgehead atoms. The van der Waals surface area contributed by atoms with Gasteiger partial charge in [-0.2, -0.15) is 0 Å². The zero-order valence-corrected chi connectivity index (χ0v) is 10.7. The van der Waals surface area contributed by atoms with Crippen molar-refractivity contribution >= 4 is 23.3 Å². The maximum absolute atomic E-state index is 11.2. The molecule has 0 aliphatic carbocycles. The van der Waals surface area contributed by atoms with Crippen LogP contribution in [0.25, 0.3) is 0 Å². The van der Waals surface area contributed by atoms with E-state index in [0.717, 1.165) is 25.9 Å². The van der Waals surface area contributed by atoms with Gasteiger partial charge in [-0.15, -0.1) is 0 Å². The Morgan fingerprint density at radius 3 is 2.61 bits per heavy atom. The Bertz CT molecular complexity index is 442. The van der Waals surface area contributed by atoms with Crippen LogP contribution in [0.5, 0.6) is 0 Å². The molecular formula is C13H16ClNO3. The van der Waals surface area contributed by atoms with Gasteiger partial charge in [-0.1, -0.05) is 11.6 Å². The summed E-state index contributed by atoms with van der Waals surface area (Å²) in [4.78, 5) is 13.3. The van der Waals surface area contributed by atoms with Gasteiger partial charge in [-0.3, -0.25) is 0 Å². The van der Waals surface area contributed by atoms with E-state index in [0.29, 0.717) is 16.6 Å². The van der Waals surface area contributed by atoms with Crippen LogP contribution >= 0.6 is 11.6 Å². The smallest absolute Gasteiger partial charge is 0.337 e. The van der Waals surface area contributed by atoms with Crippen LogP contribution in [-0.4, -0.2) is 35.9 Å². The number of nitrogens with zero attached hydrogens (tertiary/aromatic N) is 1. The topological polar surface area (TPSA) is 60.8 Å². The summed E-state index contributed by atoms with van der Waals surface area (Å²) in [5.74, 6) is -0.626. The summed E-state index contributed by atoms with van der Waals surface area (Å²) in [5, 5.41) is 18.7. The molecule has 1 aliphatic heterocycles. The highest BCUT2D eigenvalue weighted by atomic mass is 35.5. The van der Waals surface area contributed by atoms with Crippen molar-refractivity contribution in [1.82, 2.24) is 0 Å². The molecule has 0 aromatic heterocycles. The van der Waals surface area contributed by atoms with Crippen LogP contribution in [0.15, 0.2) is 18.2 Å². The number of rotatable bonds is 3. The third-order valence-corrected chi connectivity index (χ3v) is 3.64. The molecule has 0 spiro atoms. The monoisotopic (exact) mass is 269 g/mol. The fourth-order valence-electron chi connectivity index (χ4n) is 2.31. The number of hydrogen-bond donors (Lipinski definition) is 2. The Morgan fingerprint density at radius 1 is 1.39 bits per heavy atom. The molecule has 1 saturated heterocycles. The molecule has 0 radical (unpaired) electrons. The first-order chi connectivity index (χ1) is 8.61. The molecule has 18 heavy (non-hydrogen) atoms. The third-order valence-electron chi connectivity index (χ3n) is 3.40. The van der Waals surface area contributed by atoms with Gasteiger partial charge in [0.1, 0.15) is 0 Å². The van der Waals surface area contributed by atoms with Crippen molar-refractivity contribution in [3.63, 3.8) is 0 Å². The number of carboxylic acids is 1. The summed E-state index contributed by atoms with van der Waals surface area (Å²) in [7, 11) is 0. The average molecular weight is 270 g/mol. The molecule has 0 unspecified atom stereocenters. The minimum absolute atomic E-state index is 0.209. The lowest BCUT2D eigenvalue weighted by atomic mass is 9.97. The lowest BCUT2D eigenvalue weighted by Gasteiger charge is -2.33. The molecule has 0 saturated carbocycles. The lowest BCUT2D eigenvalue weighted by molar-refractivity contribution is 0.0697. The molecule has 1 heterocycles. The number of halogens is 1. The molecule has 1 aromatic carbocycles. The molecule has 1 aromatic rings. The second-order valence-corrected chi connectivity index (χ2v) is 5.02. The fraction of sp³-hybridized carbons (Fsp3) is 0.462. The summed E-state index contributed by atoms with van der Waals surface area (Å²) in [6.45, 7) is 1.75. The molecule has 5 heteroatoms. The zero-order chi connectivity index (χ0) is 13.1. The van der Waals surface area contributed by atoms with Crippen LogP contribution in [0.3, 0.4) is 0 Å². The van der Waals surface area contributed by atoms with Gasteiger partial charge in [0, 0.05) is 24.7 Å². The van der Waals surface area contributed by atoms with Gasteiger partial charge in [0.15, 0.2) is 0 Å². The van der Waals surface area contributed by atoms with E-state index in [2.05, 4.69) is 0 Å². The van der Waals surface area contributed by atoms with E-state index in [-0.39, 0.29) is 12.2 Å². The highest BCUT2D eigenvalue weighted by Gasteiger charge is 2.22. The van der Waals surface area contributed by atoms with Gasteiger partial charge < -0.3 is 15.1 Å². The maximum atomic E-state index is 11.2. The van der Waals surface area contributed by atoms with E-state index >= 15 is 0 Å². The molecular weight excluding hydrogens is 254 g/mol. The predicted molar refractivity (Wildman–Crippen MR) is 70.4 cm³/mol. The SMILES string of the molecule is O=C(O)c1cc(Cl)ccc1N1CCC(CO)CC1. The van der Waals surface area contributed by atoms with Crippen molar-refractivity contribution in [2.45, 2.75) is 12.8 Å². The zero-order valence-electron chi connectivity index (χ0n) is 9.97. The molecule has 1 aliphatic rings. The number of carboxylic acid groups (broad SMARTS) is 1. The summed E-state index contributed by atoms with van der Waals surface area (Å²) >= 11 is 5.83. The van der Waals surface area contributed by atoms with Gasteiger partial charge in [-0.05, 0) is 37.0 Å². The Hall–Kier alpha value is -1.26. The number of aliphatic hydroxyl groups excluding tert-OH is 1. The van der Waals surface area contributed by atoms with Gasteiger partial charge in [0.2, 0.25) is 0 Å². The Labute approximate surface area is 111 Å². The van der Waals surface area contributed by atoms with Crippen molar-refractivity contribution in [3.05, 3.63) is 28.8 Å². The van der Waals surface area contributed by atoms with Crippen molar-refractivity contribution < 1.29 is 15.0 Å². The van der Waals surface area contributed by atoms with Crippen LogP contribution in [0.4, 0.5) is 5.69 Å². The summed E-state index contributed by atoms with van der Waals surface area (Å²) < 4.78 is 0. The number of carbonyl (C=O) groups is 1. The standard InChI is InChI=1S/C13H16ClNO3/c14-10-1-2-12(11(7-10)13(17)18)15-5-3-9(8-16)4-6-15/h1-2,7,9,16H,3-6,8H2,(H,17,18). The second kappa shape index (κ2) is 5.59. The van der Waals surface area contributed by atoms with Gasteiger partial charge in [-0.25, -0.2) is 4.79 Å². The molecule has 2 rings (SSSR count). The van der Waals surface area contributed by atoms with Crippen LogP contribution < -0.4 is 4.90 Å². The van der Waals surface area contributed by atoms with Gasteiger partial charge in [0.05, 0.1) is 11.3 Å². The molecule has 98 valence electrons. The molecule has 4 nitrogen and oxygen atoms in total. The van der Waals surface area contributed by atoms with Crippen LogP contribution in [0, 0.1) is 5.92 Å². The number of hydrogen-bond acceptors (Lipinski definition) is 3. The van der Waals surface area contributed by atoms with E-state index < -0.39 is 5.97 Å². The summed E-state index contributed by atoms with van der Waals surface area (Å²) in [6, 6.07) is 4.95. The maximum Gasteiger partial charge on any atom is 0.337 e. The second-order valence-electron chi connectivity index (χ2n) is 4.58. The van der Waals surface area contributed by atoms with Crippen LogP contribution in [0.2, 0.25) is 5.02 Å². The lowest BCUT2D eigenvalue weighted by Crippen LogP contribution is -2.35. The highest BCUT2D eigenvalue weighted by Crippen LogP contribution is 2.28. The normalized spacial score (nSPS) is 16.9. The van der Waals surface area contributed by atoms with Crippen molar-refractivity contribution in [3.8, 4) is 0 Å². The van der Waals surface area contributed by atoms with E-state index in [4.69, 9.17) is 16.7 Å². The van der Waals surface area contributed by atoms with Crippen molar-refractivity contribution in [2.24, 2.45) is 5.92 Å². The quantitative estimate of drug-likeness (QED) is 0.884. The minimum atomic E-state index is -0.961. The third kappa shape index (κ3) is 2.76. The number of aromatic carboxylic acids is 1. The molecule has 0 amide bonds. The number of anilines is 1. The minimum Gasteiger partial charge on any atom is -0.478 e. The predicted octanol–water partition coefficient (Wildman–Crippen LogP) is 2.25. The number of benzene rings is 1. The van der Waals surface area contributed by atoms with E-state index in [1.807, 2.05) is 4.90 Å². The van der Waals surface area contributed by atoms with E-state index in [9.17, 15) is 9.90 Å². The largest absolute Gasteiger partial charge is 0.478 e. The summed E-state index contributed by atoms with van der Waals surface area (Å²) in [6.07, 6.45) is 1.77. The Morgan fingerprint density at radius 2 is 2.06 bits per heavy atom. The van der Waals surface area contributed by atoms with Crippen LogP contribution in [0.1, 0.15) is 23.2 Å². The highest BCUT2D eigenvalue weighted by molar-refractivity contribution is 6.31. The average Bonchev–Trinajstić information content (AvgIpc) is 2.39. The molecule has 1 fully saturated rings. The summed E-state index contributed by atoms with van der Waals surface area (Å²) in [5.41, 5.74) is 0.952. The number of aliphatic hydroxyl groups is 1. The van der Waals surface area contributed by atoms with Gasteiger partial charge in [0.25, 0.3) is 0 Å². The molecule has 2 N–H and O–H groups in total. The first-order valence-electron chi connectivity index (χ1n) is 6.00. The molecule has 0 atom stereocenters. The first kappa shape index (κ1) is 13.2. The Balaban J connectivity index is 2.21. The van der Waals surface area contributed by atoms with E-state index in [1.54, 1.807) is 12.1 Å². The fourth-order valence-corrected chi connectivity index (χ4v) is 2.48. The Kier molecular flexibility index (Phi) is 4.09. The van der Waals surface area contributed by atoms with E-state index in [1.165, 1.54) is 6.07 Å².